The maximum Gasteiger partial charge on any atom is 0.151 e. The van der Waals surface area contributed by atoms with Gasteiger partial charge >= 0.3 is 0 Å². The third-order valence-corrected chi connectivity index (χ3v) is 4.12. The summed E-state index contributed by atoms with van der Waals surface area (Å²) < 4.78 is 22.8. The minimum Gasteiger partial charge on any atom is -0.396 e. The van der Waals surface area contributed by atoms with Crippen LogP contribution in [0.3, 0.4) is 0 Å². The van der Waals surface area contributed by atoms with Gasteiger partial charge < -0.3 is 10.4 Å². The van der Waals surface area contributed by atoms with Crippen LogP contribution in [0.2, 0.25) is 0 Å². The standard InChI is InChI=1S/C10H23NO3S/c1-4-8-15(13,14)9-6-11-10(2,3)5-7-12/h11-12H,4-9H2,1-3H3. The Balaban J connectivity index is 3.88. The summed E-state index contributed by atoms with van der Waals surface area (Å²) in [5.74, 6) is 0.435. The molecule has 0 rings (SSSR count). The summed E-state index contributed by atoms with van der Waals surface area (Å²) in [5.41, 5.74) is -0.198. The predicted molar refractivity (Wildman–Crippen MR) is 62.7 cm³/mol. The van der Waals surface area contributed by atoms with Crippen LogP contribution in [0, 0.1) is 0 Å². The van der Waals surface area contributed by atoms with E-state index in [-0.39, 0.29) is 23.7 Å². The van der Waals surface area contributed by atoms with E-state index >= 15 is 0 Å². The lowest BCUT2D eigenvalue weighted by Crippen LogP contribution is -2.42. The lowest BCUT2D eigenvalue weighted by atomic mass is 10.0. The van der Waals surface area contributed by atoms with Gasteiger partial charge in [-0.15, -0.1) is 0 Å². The highest BCUT2D eigenvalue weighted by atomic mass is 32.2. The molecule has 92 valence electrons. The molecule has 15 heavy (non-hydrogen) atoms. The smallest absolute Gasteiger partial charge is 0.151 e. The van der Waals surface area contributed by atoms with Gasteiger partial charge in [-0.2, -0.15) is 0 Å². The van der Waals surface area contributed by atoms with E-state index in [0.717, 1.165) is 0 Å². The Labute approximate surface area is 93.0 Å². The van der Waals surface area contributed by atoms with E-state index in [1.54, 1.807) is 0 Å². The number of rotatable bonds is 8. The molecule has 0 bridgehead atoms. The summed E-state index contributed by atoms with van der Waals surface area (Å²) in [7, 11) is -2.89. The molecule has 0 aromatic rings. The zero-order chi connectivity index (χ0) is 11.9. The van der Waals surface area contributed by atoms with Crippen LogP contribution >= 0.6 is 0 Å². The first-order valence-electron chi connectivity index (χ1n) is 5.39. The Morgan fingerprint density at radius 1 is 1.27 bits per heavy atom. The van der Waals surface area contributed by atoms with Gasteiger partial charge in [-0.3, -0.25) is 0 Å². The summed E-state index contributed by atoms with van der Waals surface area (Å²) >= 11 is 0. The molecule has 0 aliphatic carbocycles. The van der Waals surface area contributed by atoms with Gasteiger partial charge in [0, 0.05) is 24.4 Å². The van der Waals surface area contributed by atoms with Gasteiger partial charge in [0.15, 0.2) is 9.84 Å². The number of aliphatic hydroxyl groups excluding tert-OH is 1. The predicted octanol–water partition coefficient (Wildman–Crippen LogP) is 0.562. The molecule has 0 saturated heterocycles. The van der Waals surface area contributed by atoms with Crippen LogP contribution in [-0.4, -0.2) is 43.7 Å². The van der Waals surface area contributed by atoms with Crippen LogP contribution < -0.4 is 5.32 Å². The molecule has 5 heteroatoms. The average molecular weight is 237 g/mol. The number of hydrogen-bond donors (Lipinski definition) is 2. The summed E-state index contributed by atoms with van der Waals surface area (Å²) in [6.07, 6.45) is 1.29. The molecular weight excluding hydrogens is 214 g/mol. The molecule has 0 saturated carbocycles. The number of nitrogens with one attached hydrogen (secondary N) is 1. The molecule has 0 aromatic carbocycles. The molecule has 0 aliphatic rings. The molecule has 0 unspecified atom stereocenters. The SMILES string of the molecule is CCCS(=O)(=O)CCNC(C)(C)CCO. The molecule has 0 spiro atoms. The molecule has 2 N–H and O–H groups in total. The van der Waals surface area contributed by atoms with Crippen molar-refractivity contribution in [2.45, 2.75) is 39.2 Å². The number of hydrogen-bond acceptors (Lipinski definition) is 4. The average Bonchev–Trinajstić information content (AvgIpc) is 2.02. The van der Waals surface area contributed by atoms with E-state index in [0.29, 0.717) is 19.4 Å². The highest BCUT2D eigenvalue weighted by Crippen LogP contribution is 2.06. The normalized spacial score (nSPS) is 13.1. The van der Waals surface area contributed by atoms with Crippen LogP contribution in [0.15, 0.2) is 0 Å². The lowest BCUT2D eigenvalue weighted by Gasteiger charge is -2.25. The first-order valence-corrected chi connectivity index (χ1v) is 7.21. The zero-order valence-corrected chi connectivity index (χ0v) is 10.7. The van der Waals surface area contributed by atoms with E-state index in [1.807, 2.05) is 20.8 Å². The summed E-state index contributed by atoms with van der Waals surface area (Å²) in [5, 5.41) is 11.9. The summed E-state index contributed by atoms with van der Waals surface area (Å²) in [6.45, 7) is 6.34. The van der Waals surface area contributed by atoms with Crippen molar-refractivity contribution in [3.63, 3.8) is 0 Å². The number of aliphatic hydroxyl groups is 1. The van der Waals surface area contributed by atoms with Crippen molar-refractivity contribution in [1.29, 1.82) is 0 Å². The van der Waals surface area contributed by atoms with E-state index in [1.165, 1.54) is 0 Å². The van der Waals surface area contributed by atoms with Gasteiger partial charge in [-0.25, -0.2) is 8.42 Å². The van der Waals surface area contributed by atoms with Gasteiger partial charge in [0.1, 0.15) is 0 Å². The van der Waals surface area contributed by atoms with E-state index in [2.05, 4.69) is 5.32 Å². The molecule has 0 radical (unpaired) electrons. The van der Waals surface area contributed by atoms with Crippen molar-refractivity contribution < 1.29 is 13.5 Å². The van der Waals surface area contributed by atoms with Crippen LogP contribution in [0.5, 0.6) is 0 Å². The molecule has 0 amide bonds. The zero-order valence-electron chi connectivity index (χ0n) is 9.91. The van der Waals surface area contributed by atoms with Crippen molar-refractivity contribution in [3.05, 3.63) is 0 Å². The molecule has 0 aromatic heterocycles. The van der Waals surface area contributed by atoms with Gasteiger partial charge in [0.2, 0.25) is 0 Å². The van der Waals surface area contributed by atoms with Crippen LogP contribution in [0.1, 0.15) is 33.6 Å². The number of sulfone groups is 1. The van der Waals surface area contributed by atoms with E-state index in [4.69, 9.17) is 5.11 Å². The highest BCUT2D eigenvalue weighted by Gasteiger charge is 2.17. The first kappa shape index (κ1) is 14.9. The van der Waals surface area contributed by atoms with Crippen molar-refractivity contribution in [2.75, 3.05) is 24.7 Å². The van der Waals surface area contributed by atoms with Crippen LogP contribution in [0.25, 0.3) is 0 Å². The van der Waals surface area contributed by atoms with Crippen molar-refractivity contribution >= 4 is 9.84 Å². The molecule has 0 heterocycles. The van der Waals surface area contributed by atoms with Gasteiger partial charge in [0.05, 0.1) is 5.75 Å². The Morgan fingerprint density at radius 2 is 1.87 bits per heavy atom. The van der Waals surface area contributed by atoms with Gasteiger partial charge in [0.25, 0.3) is 0 Å². The third-order valence-electron chi connectivity index (χ3n) is 2.27. The highest BCUT2D eigenvalue weighted by molar-refractivity contribution is 7.91. The Hall–Kier alpha value is -0.130. The quantitative estimate of drug-likeness (QED) is 0.647. The van der Waals surface area contributed by atoms with Gasteiger partial charge in [-0.05, 0) is 26.7 Å². The molecular formula is C10H23NO3S. The minimum absolute atomic E-state index is 0.113. The molecule has 0 atom stereocenters. The third kappa shape index (κ3) is 7.76. The minimum atomic E-state index is -2.89. The van der Waals surface area contributed by atoms with Gasteiger partial charge in [-0.1, -0.05) is 6.92 Å². The maximum absolute atomic E-state index is 11.4. The Kier molecular flexibility index (Phi) is 6.40. The second-order valence-corrected chi connectivity index (χ2v) is 6.74. The first-order chi connectivity index (χ1) is 6.83. The largest absolute Gasteiger partial charge is 0.396 e. The Morgan fingerprint density at radius 3 is 2.33 bits per heavy atom. The fraction of sp³-hybridized carbons (Fsp3) is 1.00. The second kappa shape index (κ2) is 6.45. The van der Waals surface area contributed by atoms with E-state index in [9.17, 15) is 8.42 Å². The molecule has 4 nitrogen and oxygen atoms in total. The fourth-order valence-corrected chi connectivity index (χ4v) is 2.57. The molecule has 0 fully saturated rings. The topological polar surface area (TPSA) is 66.4 Å². The monoisotopic (exact) mass is 237 g/mol. The van der Waals surface area contributed by atoms with Crippen LogP contribution in [0.4, 0.5) is 0 Å². The van der Waals surface area contributed by atoms with E-state index < -0.39 is 9.84 Å². The maximum atomic E-state index is 11.4. The van der Waals surface area contributed by atoms with Crippen molar-refractivity contribution in [1.82, 2.24) is 5.32 Å². The Bertz CT molecular complexity index is 260. The lowest BCUT2D eigenvalue weighted by molar-refractivity contribution is 0.233. The summed E-state index contributed by atoms with van der Waals surface area (Å²) in [6, 6.07) is 0. The fourth-order valence-electron chi connectivity index (χ4n) is 1.33. The van der Waals surface area contributed by atoms with Crippen LogP contribution in [-0.2, 0) is 9.84 Å². The van der Waals surface area contributed by atoms with Crippen molar-refractivity contribution in [3.8, 4) is 0 Å². The second-order valence-electron chi connectivity index (χ2n) is 4.44. The molecule has 0 aliphatic heterocycles. The van der Waals surface area contributed by atoms with Crippen molar-refractivity contribution in [2.24, 2.45) is 0 Å². The summed E-state index contributed by atoms with van der Waals surface area (Å²) in [4.78, 5) is 0.